The molecule has 0 aliphatic carbocycles. The number of benzene rings is 1. The second-order valence-corrected chi connectivity index (χ2v) is 4.74. The van der Waals surface area contributed by atoms with Gasteiger partial charge in [-0.2, -0.15) is 0 Å². The third kappa shape index (κ3) is 2.81. The summed E-state index contributed by atoms with van der Waals surface area (Å²) in [4.78, 5) is 23.4. The minimum Gasteiger partial charge on any atom is -0.487 e. The minimum absolute atomic E-state index is 0.128. The molecule has 0 heterocycles. The number of carboxylic acids is 1. The van der Waals surface area contributed by atoms with Gasteiger partial charge in [-0.1, -0.05) is 6.07 Å². The maximum atomic E-state index is 11.3. The van der Waals surface area contributed by atoms with Crippen LogP contribution < -0.4 is 9.64 Å². The Morgan fingerprint density at radius 1 is 1.50 bits per heavy atom. The van der Waals surface area contributed by atoms with E-state index >= 15 is 0 Å². The van der Waals surface area contributed by atoms with Crippen molar-refractivity contribution >= 4 is 17.3 Å². The van der Waals surface area contributed by atoms with Crippen molar-refractivity contribution in [3.05, 3.63) is 28.3 Å². The highest BCUT2D eigenvalue weighted by molar-refractivity contribution is 5.84. The number of carboxylic acid groups (broad SMARTS) is 1. The number of nitro benzene ring substituents is 1. The second kappa shape index (κ2) is 5.77. The average Bonchev–Trinajstić information content (AvgIpc) is 2.37. The van der Waals surface area contributed by atoms with Gasteiger partial charge in [-0.15, -0.1) is 0 Å². The Labute approximate surface area is 116 Å². The molecule has 0 radical (unpaired) electrons. The van der Waals surface area contributed by atoms with Crippen LogP contribution in [0.2, 0.25) is 0 Å². The number of anilines is 1. The number of nitrogens with zero attached hydrogens (tertiary/aromatic N) is 2. The lowest BCUT2D eigenvalue weighted by Crippen LogP contribution is -2.48. The largest absolute Gasteiger partial charge is 0.487 e. The molecule has 1 aromatic carbocycles. The number of ether oxygens (including phenoxy) is 1. The normalized spacial score (nSPS) is 11.0. The number of likely N-dealkylation sites (N-methyl/N-ethyl adjacent to an activating group) is 1. The molecule has 0 fully saturated rings. The van der Waals surface area contributed by atoms with Crippen LogP contribution in [0.3, 0.4) is 0 Å². The average molecular weight is 282 g/mol. The van der Waals surface area contributed by atoms with Crippen LogP contribution in [0.5, 0.6) is 5.75 Å². The second-order valence-electron chi connectivity index (χ2n) is 4.74. The van der Waals surface area contributed by atoms with Gasteiger partial charge in [0.1, 0.15) is 11.2 Å². The Bertz CT molecular complexity index is 527. The van der Waals surface area contributed by atoms with Gasteiger partial charge < -0.3 is 14.7 Å². The summed E-state index contributed by atoms with van der Waals surface area (Å²) in [6.45, 7) is 4.97. The van der Waals surface area contributed by atoms with E-state index in [1.165, 1.54) is 37.9 Å². The van der Waals surface area contributed by atoms with Crippen molar-refractivity contribution in [1.82, 2.24) is 0 Å². The van der Waals surface area contributed by atoms with Crippen molar-refractivity contribution in [1.29, 1.82) is 0 Å². The fourth-order valence-electron chi connectivity index (χ4n) is 1.68. The van der Waals surface area contributed by atoms with E-state index in [0.29, 0.717) is 0 Å². The molecule has 0 aliphatic heterocycles. The van der Waals surface area contributed by atoms with Gasteiger partial charge in [-0.3, -0.25) is 10.1 Å². The van der Waals surface area contributed by atoms with Gasteiger partial charge in [0.25, 0.3) is 0 Å². The van der Waals surface area contributed by atoms with Crippen LogP contribution in [-0.2, 0) is 4.79 Å². The van der Waals surface area contributed by atoms with E-state index in [9.17, 15) is 20.0 Å². The quantitative estimate of drug-likeness (QED) is 0.635. The number of carbonyl (C=O) groups is 1. The van der Waals surface area contributed by atoms with Crippen molar-refractivity contribution < 1.29 is 19.6 Å². The maximum absolute atomic E-state index is 11.3. The Morgan fingerprint density at radius 2 is 2.10 bits per heavy atom. The molecular weight excluding hydrogens is 264 g/mol. The number of nitro groups is 1. The number of aliphatic carboxylic acids is 1. The highest BCUT2D eigenvalue weighted by Gasteiger charge is 2.36. The zero-order chi connectivity index (χ0) is 15.5. The minimum atomic E-state index is -1.28. The lowest BCUT2D eigenvalue weighted by molar-refractivity contribution is -0.385. The number of hydrogen-bond acceptors (Lipinski definition) is 5. The number of hydrogen-bond donors (Lipinski definition) is 1. The molecule has 20 heavy (non-hydrogen) atoms. The summed E-state index contributed by atoms with van der Waals surface area (Å²) in [5.41, 5.74) is -1.31. The Kier molecular flexibility index (Phi) is 4.54. The van der Waals surface area contributed by atoms with E-state index in [4.69, 9.17) is 4.74 Å². The zero-order valence-electron chi connectivity index (χ0n) is 11.9. The zero-order valence-corrected chi connectivity index (χ0v) is 11.9. The van der Waals surface area contributed by atoms with E-state index in [2.05, 4.69) is 0 Å². The smallest absolute Gasteiger partial charge is 0.333 e. The standard InChI is InChI=1S/C13H18N2O5/c1-5-20-10-8-6-7-9(11(10)15(18)19)14(4)13(2,3)12(16)17/h6-8H,5H2,1-4H3,(H,16,17). The van der Waals surface area contributed by atoms with Gasteiger partial charge in [-0.25, -0.2) is 4.79 Å². The Morgan fingerprint density at radius 3 is 2.55 bits per heavy atom. The lowest BCUT2D eigenvalue weighted by Gasteiger charge is -2.33. The third-order valence-electron chi connectivity index (χ3n) is 3.18. The first-order valence-corrected chi connectivity index (χ1v) is 6.10. The molecule has 0 spiro atoms. The fourth-order valence-corrected chi connectivity index (χ4v) is 1.68. The number of rotatable bonds is 6. The van der Waals surface area contributed by atoms with Crippen LogP contribution in [0.15, 0.2) is 18.2 Å². The van der Waals surface area contributed by atoms with Crippen molar-refractivity contribution in [3.8, 4) is 5.75 Å². The molecule has 0 saturated carbocycles. The summed E-state index contributed by atoms with van der Waals surface area (Å²) in [5.74, 6) is -0.945. The number of para-hydroxylation sites is 1. The predicted molar refractivity (Wildman–Crippen MR) is 74.4 cm³/mol. The highest BCUT2D eigenvalue weighted by atomic mass is 16.6. The van der Waals surface area contributed by atoms with Crippen molar-refractivity contribution in [2.45, 2.75) is 26.3 Å². The van der Waals surface area contributed by atoms with Crippen LogP contribution >= 0.6 is 0 Å². The molecule has 0 saturated heterocycles. The van der Waals surface area contributed by atoms with Crippen LogP contribution in [0.25, 0.3) is 0 Å². The SMILES string of the molecule is CCOc1cccc(N(C)C(C)(C)C(=O)O)c1[N+](=O)[O-]. The molecule has 1 N–H and O–H groups in total. The summed E-state index contributed by atoms with van der Waals surface area (Å²) >= 11 is 0. The monoisotopic (exact) mass is 282 g/mol. The molecule has 0 atom stereocenters. The molecule has 0 unspecified atom stereocenters. The van der Waals surface area contributed by atoms with Gasteiger partial charge >= 0.3 is 11.7 Å². The molecule has 0 aliphatic rings. The predicted octanol–water partition coefficient (Wildman–Crippen LogP) is 2.29. The highest BCUT2D eigenvalue weighted by Crippen LogP contribution is 2.39. The van der Waals surface area contributed by atoms with E-state index < -0.39 is 16.4 Å². The first kappa shape index (κ1) is 15.7. The molecule has 1 rings (SSSR count). The van der Waals surface area contributed by atoms with Gasteiger partial charge in [0.2, 0.25) is 0 Å². The van der Waals surface area contributed by atoms with Crippen molar-refractivity contribution in [3.63, 3.8) is 0 Å². The third-order valence-corrected chi connectivity index (χ3v) is 3.18. The van der Waals surface area contributed by atoms with Gasteiger partial charge in [-0.05, 0) is 32.9 Å². The van der Waals surface area contributed by atoms with E-state index in [1.54, 1.807) is 13.0 Å². The molecule has 110 valence electrons. The van der Waals surface area contributed by atoms with Crippen LogP contribution in [-0.4, -0.2) is 35.2 Å². The molecule has 0 aromatic heterocycles. The fraction of sp³-hybridized carbons (Fsp3) is 0.462. The Balaban J connectivity index is 3.41. The van der Waals surface area contributed by atoms with Crippen molar-refractivity contribution in [2.24, 2.45) is 0 Å². The van der Waals surface area contributed by atoms with E-state index in [1.807, 2.05) is 0 Å². The topological polar surface area (TPSA) is 92.9 Å². The lowest BCUT2D eigenvalue weighted by atomic mass is 10.0. The summed E-state index contributed by atoms with van der Waals surface area (Å²) in [6.07, 6.45) is 0. The first-order chi connectivity index (χ1) is 9.23. The molecule has 0 amide bonds. The summed E-state index contributed by atoms with van der Waals surface area (Å²) < 4.78 is 5.25. The first-order valence-electron chi connectivity index (χ1n) is 6.10. The summed E-state index contributed by atoms with van der Waals surface area (Å²) in [5, 5.41) is 20.5. The van der Waals surface area contributed by atoms with E-state index in [-0.39, 0.29) is 23.7 Å². The molecular formula is C13H18N2O5. The molecule has 7 heteroatoms. The van der Waals surface area contributed by atoms with Crippen molar-refractivity contribution in [2.75, 3.05) is 18.6 Å². The van der Waals surface area contributed by atoms with Gasteiger partial charge in [0, 0.05) is 7.05 Å². The van der Waals surface area contributed by atoms with Crippen LogP contribution in [0.4, 0.5) is 11.4 Å². The molecule has 0 bridgehead atoms. The molecule has 7 nitrogen and oxygen atoms in total. The summed E-state index contributed by atoms with van der Waals surface area (Å²) in [7, 11) is 1.51. The molecule has 1 aromatic rings. The van der Waals surface area contributed by atoms with E-state index in [0.717, 1.165) is 0 Å². The van der Waals surface area contributed by atoms with Crippen LogP contribution in [0.1, 0.15) is 20.8 Å². The van der Waals surface area contributed by atoms with Gasteiger partial charge in [0.05, 0.1) is 11.5 Å². The summed E-state index contributed by atoms with van der Waals surface area (Å²) in [6, 6.07) is 4.60. The van der Waals surface area contributed by atoms with Crippen LogP contribution in [0, 0.1) is 10.1 Å². The maximum Gasteiger partial charge on any atom is 0.333 e. The van der Waals surface area contributed by atoms with Gasteiger partial charge in [0.15, 0.2) is 5.75 Å². The Hall–Kier alpha value is -2.31.